The lowest BCUT2D eigenvalue weighted by Crippen LogP contribution is -2.47. The average molecular weight is 298 g/mol. The van der Waals surface area contributed by atoms with Crippen molar-refractivity contribution in [3.8, 4) is 0 Å². The van der Waals surface area contributed by atoms with Crippen molar-refractivity contribution in [3.63, 3.8) is 0 Å². The molecule has 2 aliphatic rings. The summed E-state index contributed by atoms with van der Waals surface area (Å²) in [5.74, 6) is 1.52. The van der Waals surface area contributed by atoms with Crippen LogP contribution in [0, 0.1) is 11.3 Å². The number of H-pyrrole nitrogens is 1. The highest BCUT2D eigenvalue weighted by molar-refractivity contribution is 5.84. The SMILES string of the molecule is O=C(NCc1nc2ccccc2[nH]1)[C@@]12CCCC[C@H]1CNC2. The van der Waals surface area contributed by atoms with Crippen LogP contribution in [0.3, 0.4) is 0 Å². The van der Waals surface area contributed by atoms with Crippen molar-refractivity contribution in [3.05, 3.63) is 30.1 Å². The van der Waals surface area contributed by atoms with E-state index in [1.807, 2.05) is 24.3 Å². The van der Waals surface area contributed by atoms with Gasteiger partial charge in [-0.15, -0.1) is 0 Å². The molecule has 1 saturated heterocycles. The van der Waals surface area contributed by atoms with E-state index in [9.17, 15) is 4.79 Å². The number of para-hydroxylation sites is 2. The first kappa shape index (κ1) is 13.8. The number of carbonyl (C=O) groups is 1. The second kappa shape index (κ2) is 5.39. The van der Waals surface area contributed by atoms with Crippen molar-refractivity contribution < 1.29 is 4.79 Å². The van der Waals surface area contributed by atoms with Crippen molar-refractivity contribution in [2.45, 2.75) is 32.2 Å². The molecule has 0 bridgehead atoms. The Bertz CT molecular complexity index is 662. The molecule has 1 aromatic carbocycles. The van der Waals surface area contributed by atoms with E-state index in [1.165, 1.54) is 12.8 Å². The standard InChI is InChI=1S/C17H22N4O/c22-16(17-8-4-3-5-12(17)9-18-11-17)19-10-15-20-13-6-1-2-7-14(13)21-15/h1-2,6-7,12,18H,3-5,8-11H2,(H,19,22)(H,20,21)/t12-,17+/m0/s1. The number of fused-ring (bicyclic) bond motifs is 2. The summed E-state index contributed by atoms with van der Waals surface area (Å²) in [5, 5.41) is 6.54. The van der Waals surface area contributed by atoms with Crippen LogP contribution in [0.5, 0.6) is 0 Å². The van der Waals surface area contributed by atoms with Gasteiger partial charge in [-0.25, -0.2) is 4.98 Å². The van der Waals surface area contributed by atoms with E-state index in [1.54, 1.807) is 0 Å². The summed E-state index contributed by atoms with van der Waals surface area (Å²) in [6.45, 7) is 2.28. The Morgan fingerprint density at radius 2 is 2.27 bits per heavy atom. The van der Waals surface area contributed by atoms with Gasteiger partial charge in [-0.3, -0.25) is 4.79 Å². The Kier molecular flexibility index (Phi) is 3.37. The van der Waals surface area contributed by atoms with Crippen molar-refractivity contribution in [1.29, 1.82) is 0 Å². The molecule has 5 heteroatoms. The summed E-state index contributed by atoms with van der Waals surface area (Å²) in [6, 6.07) is 7.94. The molecule has 0 spiro atoms. The van der Waals surface area contributed by atoms with E-state index in [-0.39, 0.29) is 11.3 Å². The van der Waals surface area contributed by atoms with Gasteiger partial charge in [0.1, 0.15) is 5.82 Å². The normalized spacial score (nSPS) is 27.7. The van der Waals surface area contributed by atoms with Crippen molar-refractivity contribution in [1.82, 2.24) is 20.6 Å². The Hall–Kier alpha value is -1.88. The largest absolute Gasteiger partial charge is 0.348 e. The maximum absolute atomic E-state index is 12.8. The minimum atomic E-state index is -0.190. The number of imidazole rings is 1. The van der Waals surface area contributed by atoms with Crippen molar-refractivity contribution >= 4 is 16.9 Å². The van der Waals surface area contributed by atoms with Crippen LogP contribution in [0.4, 0.5) is 0 Å². The number of carbonyl (C=O) groups excluding carboxylic acids is 1. The van der Waals surface area contributed by atoms with Gasteiger partial charge < -0.3 is 15.6 Å². The highest BCUT2D eigenvalue weighted by Gasteiger charge is 2.49. The quantitative estimate of drug-likeness (QED) is 0.811. The van der Waals surface area contributed by atoms with Gasteiger partial charge in [-0.2, -0.15) is 0 Å². The van der Waals surface area contributed by atoms with Crippen LogP contribution >= 0.6 is 0 Å². The van der Waals surface area contributed by atoms with Gasteiger partial charge in [0.25, 0.3) is 0 Å². The van der Waals surface area contributed by atoms with E-state index >= 15 is 0 Å². The lowest BCUT2D eigenvalue weighted by molar-refractivity contribution is -0.134. The van der Waals surface area contributed by atoms with E-state index in [4.69, 9.17) is 0 Å². The lowest BCUT2D eigenvalue weighted by Gasteiger charge is -2.37. The summed E-state index contributed by atoms with van der Waals surface area (Å²) in [4.78, 5) is 20.6. The minimum absolute atomic E-state index is 0.190. The fourth-order valence-corrected chi connectivity index (χ4v) is 4.12. The van der Waals surface area contributed by atoms with Crippen molar-refractivity contribution in [2.75, 3.05) is 13.1 Å². The fourth-order valence-electron chi connectivity index (χ4n) is 4.12. The molecule has 1 saturated carbocycles. The predicted molar refractivity (Wildman–Crippen MR) is 85.2 cm³/mol. The zero-order valence-corrected chi connectivity index (χ0v) is 12.7. The average Bonchev–Trinajstić information content (AvgIpc) is 3.16. The molecular weight excluding hydrogens is 276 g/mol. The summed E-state index contributed by atoms with van der Waals surface area (Å²) in [5.41, 5.74) is 1.77. The lowest BCUT2D eigenvalue weighted by atomic mass is 9.67. The van der Waals surface area contributed by atoms with E-state index in [0.717, 1.165) is 42.8 Å². The third kappa shape index (κ3) is 2.20. The molecule has 2 atom stereocenters. The highest BCUT2D eigenvalue weighted by Crippen LogP contribution is 2.43. The van der Waals surface area contributed by atoms with Gasteiger partial charge in [0.05, 0.1) is 23.0 Å². The molecule has 1 aliphatic heterocycles. The van der Waals surface area contributed by atoms with Crippen LogP contribution in [0.2, 0.25) is 0 Å². The number of nitrogens with one attached hydrogen (secondary N) is 3. The van der Waals surface area contributed by atoms with Gasteiger partial charge in [0.2, 0.25) is 5.91 Å². The number of nitrogens with zero attached hydrogens (tertiary/aromatic N) is 1. The summed E-state index contributed by atoms with van der Waals surface area (Å²) < 4.78 is 0. The Morgan fingerprint density at radius 1 is 1.36 bits per heavy atom. The molecule has 2 fully saturated rings. The first-order valence-corrected chi connectivity index (χ1v) is 8.21. The Morgan fingerprint density at radius 3 is 3.18 bits per heavy atom. The molecule has 1 aromatic heterocycles. The van der Waals surface area contributed by atoms with Gasteiger partial charge in [0, 0.05) is 6.54 Å². The Labute approximate surface area is 129 Å². The third-order valence-corrected chi connectivity index (χ3v) is 5.35. The topological polar surface area (TPSA) is 69.8 Å². The summed E-state index contributed by atoms with van der Waals surface area (Å²) in [6.07, 6.45) is 4.60. The van der Waals surface area contributed by atoms with Gasteiger partial charge in [-0.05, 0) is 37.4 Å². The minimum Gasteiger partial charge on any atom is -0.348 e. The van der Waals surface area contributed by atoms with Crippen LogP contribution in [-0.4, -0.2) is 29.0 Å². The number of hydrogen-bond donors (Lipinski definition) is 3. The predicted octanol–water partition coefficient (Wildman–Crippen LogP) is 1.96. The molecule has 116 valence electrons. The molecule has 0 unspecified atom stereocenters. The molecule has 1 amide bonds. The zero-order chi connectivity index (χ0) is 15.0. The first-order chi connectivity index (χ1) is 10.8. The molecule has 2 heterocycles. The smallest absolute Gasteiger partial charge is 0.228 e. The molecule has 2 aromatic rings. The van der Waals surface area contributed by atoms with Gasteiger partial charge in [0.15, 0.2) is 0 Å². The molecule has 4 rings (SSSR count). The second-order valence-electron chi connectivity index (χ2n) is 6.61. The van der Waals surface area contributed by atoms with Crippen LogP contribution < -0.4 is 10.6 Å². The molecule has 0 radical (unpaired) electrons. The second-order valence-corrected chi connectivity index (χ2v) is 6.61. The van der Waals surface area contributed by atoms with Crippen LogP contribution in [0.15, 0.2) is 24.3 Å². The summed E-state index contributed by atoms with van der Waals surface area (Å²) in [7, 11) is 0. The number of aromatic nitrogens is 2. The van der Waals surface area contributed by atoms with E-state index in [0.29, 0.717) is 12.5 Å². The number of amides is 1. The van der Waals surface area contributed by atoms with Gasteiger partial charge >= 0.3 is 0 Å². The molecule has 1 aliphatic carbocycles. The number of hydrogen-bond acceptors (Lipinski definition) is 3. The first-order valence-electron chi connectivity index (χ1n) is 8.21. The number of aromatic amines is 1. The fraction of sp³-hybridized carbons (Fsp3) is 0.529. The molecule has 3 N–H and O–H groups in total. The van der Waals surface area contributed by atoms with E-state index < -0.39 is 0 Å². The molecule has 22 heavy (non-hydrogen) atoms. The van der Waals surface area contributed by atoms with Crippen LogP contribution in [0.1, 0.15) is 31.5 Å². The zero-order valence-electron chi connectivity index (χ0n) is 12.7. The molecule has 5 nitrogen and oxygen atoms in total. The van der Waals surface area contributed by atoms with Crippen LogP contribution in [0.25, 0.3) is 11.0 Å². The monoisotopic (exact) mass is 298 g/mol. The number of rotatable bonds is 3. The van der Waals surface area contributed by atoms with Gasteiger partial charge in [-0.1, -0.05) is 25.0 Å². The van der Waals surface area contributed by atoms with E-state index in [2.05, 4.69) is 20.6 Å². The molecular formula is C17H22N4O. The Balaban J connectivity index is 1.47. The number of benzene rings is 1. The third-order valence-electron chi connectivity index (χ3n) is 5.35. The van der Waals surface area contributed by atoms with Crippen molar-refractivity contribution in [2.24, 2.45) is 11.3 Å². The maximum Gasteiger partial charge on any atom is 0.228 e. The maximum atomic E-state index is 12.8. The van der Waals surface area contributed by atoms with Crippen LogP contribution in [-0.2, 0) is 11.3 Å². The summed E-state index contributed by atoms with van der Waals surface area (Å²) >= 11 is 0. The highest BCUT2D eigenvalue weighted by atomic mass is 16.2.